The van der Waals surface area contributed by atoms with Crippen LogP contribution in [0.2, 0.25) is 0 Å². The van der Waals surface area contributed by atoms with E-state index in [1.165, 1.54) is 11.1 Å². The van der Waals surface area contributed by atoms with Crippen molar-refractivity contribution >= 4 is 11.8 Å². The minimum Gasteiger partial charge on any atom is -0.497 e. The Morgan fingerprint density at radius 1 is 1.00 bits per heavy atom. The van der Waals surface area contributed by atoms with Gasteiger partial charge in [-0.25, -0.2) is 0 Å². The van der Waals surface area contributed by atoms with E-state index in [0.29, 0.717) is 13.0 Å². The number of rotatable bonds is 8. The Morgan fingerprint density at radius 2 is 1.69 bits per heavy atom. The molecule has 0 bridgehead atoms. The van der Waals surface area contributed by atoms with Gasteiger partial charge in [-0.2, -0.15) is 0 Å². The van der Waals surface area contributed by atoms with E-state index in [9.17, 15) is 9.59 Å². The van der Waals surface area contributed by atoms with E-state index in [-0.39, 0.29) is 29.9 Å². The molecule has 194 valence electrons. The van der Waals surface area contributed by atoms with Gasteiger partial charge in [0.25, 0.3) is 0 Å². The number of piperidine rings is 1. The van der Waals surface area contributed by atoms with E-state index < -0.39 is 6.04 Å². The van der Waals surface area contributed by atoms with Crippen LogP contribution in [0.5, 0.6) is 5.75 Å². The summed E-state index contributed by atoms with van der Waals surface area (Å²) in [5.74, 6) is 0.765. The number of likely N-dealkylation sites (tertiary alicyclic amines) is 1. The SMILES string of the molecule is COc1cccc(CN(Cc2ccccc2)C2CCN(C(C)=O)[C@@H](C(=O)NC3CCC(N)CC3)C2)c1. The minimum absolute atomic E-state index is 0.0311. The molecule has 0 aromatic heterocycles. The van der Waals surface area contributed by atoms with Gasteiger partial charge in [0.15, 0.2) is 0 Å². The lowest BCUT2D eigenvalue weighted by molar-refractivity contribution is -0.142. The van der Waals surface area contributed by atoms with Crippen LogP contribution < -0.4 is 15.8 Å². The fourth-order valence-corrected chi connectivity index (χ4v) is 5.60. The molecule has 1 unspecified atom stereocenters. The summed E-state index contributed by atoms with van der Waals surface area (Å²) in [6.45, 7) is 3.67. The number of nitrogens with one attached hydrogen (secondary N) is 1. The Kier molecular flexibility index (Phi) is 8.99. The molecule has 7 nitrogen and oxygen atoms in total. The third-order valence-corrected chi connectivity index (χ3v) is 7.66. The predicted octanol–water partition coefficient (Wildman–Crippen LogP) is 3.46. The van der Waals surface area contributed by atoms with Gasteiger partial charge in [0.2, 0.25) is 11.8 Å². The summed E-state index contributed by atoms with van der Waals surface area (Å²) in [5.41, 5.74) is 8.45. The predicted molar refractivity (Wildman–Crippen MR) is 141 cm³/mol. The molecule has 4 rings (SSSR count). The zero-order valence-electron chi connectivity index (χ0n) is 21.6. The molecular formula is C29H40N4O3. The molecule has 3 N–H and O–H groups in total. The van der Waals surface area contributed by atoms with Crippen molar-refractivity contribution in [3.8, 4) is 5.75 Å². The number of amides is 2. The average Bonchev–Trinajstić information content (AvgIpc) is 2.90. The molecule has 1 saturated carbocycles. The van der Waals surface area contributed by atoms with Crippen molar-refractivity contribution in [1.29, 1.82) is 0 Å². The fraction of sp³-hybridized carbons (Fsp3) is 0.517. The number of hydrogen-bond donors (Lipinski definition) is 2. The Hall–Kier alpha value is -2.90. The van der Waals surface area contributed by atoms with Gasteiger partial charge in [-0.15, -0.1) is 0 Å². The van der Waals surface area contributed by atoms with Gasteiger partial charge in [-0.1, -0.05) is 42.5 Å². The summed E-state index contributed by atoms with van der Waals surface area (Å²) in [5, 5.41) is 3.24. The smallest absolute Gasteiger partial charge is 0.243 e. The number of nitrogens with two attached hydrogens (primary N) is 1. The summed E-state index contributed by atoms with van der Waals surface area (Å²) < 4.78 is 5.44. The van der Waals surface area contributed by atoms with Crippen LogP contribution in [0.3, 0.4) is 0 Å². The van der Waals surface area contributed by atoms with E-state index in [1.54, 1.807) is 18.9 Å². The number of nitrogens with zero attached hydrogens (tertiary/aromatic N) is 2. The molecule has 0 radical (unpaired) electrons. The quantitative estimate of drug-likeness (QED) is 0.589. The van der Waals surface area contributed by atoms with Crippen molar-refractivity contribution in [2.45, 2.75) is 82.7 Å². The number of ether oxygens (including phenoxy) is 1. The monoisotopic (exact) mass is 492 g/mol. The number of carbonyl (C=O) groups is 2. The number of carbonyl (C=O) groups excluding carboxylic acids is 2. The molecule has 0 spiro atoms. The van der Waals surface area contributed by atoms with Crippen LogP contribution in [0.4, 0.5) is 0 Å². The Labute approximate surface area is 215 Å². The Balaban J connectivity index is 1.52. The third-order valence-electron chi connectivity index (χ3n) is 7.66. The van der Waals surface area contributed by atoms with Crippen LogP contribution in [-0.4, -0.2) is 59.4 Å². The number of hydrogen-bond acceptors (Lipinski definition) is 5. The lowest BCUT2D eigenvalue weighted by Gasteiger charge is -2.43. The van der Waals surface area contributed by atoms with Crippen molar-refractivity contribution in [3.05, 3.63) is 65.7 Å². The van der Waals surface area contributed by atoms with Crippen molar-refractivity contribution in [2.24, 2.45) is 5.73 Å². The third kappa shape index (κ3) is 6.86. The molecule has 2 aromatic carbocycles. The second kappa shape index (κ2) is 12.4. The highest BCUT2D eigenvalue weighted by molar-refractivity contribution is 5.87. The Morgan fingerprint density at radius 3 is 2.39 bits per heavy atom. The molecule has 1 saturated heterocycles. The van der Waals surface area contributed by atoms with E-state index in [0.717, 1.165) is 50.9 Å². The maximum atomic E-state index is 13.5. The first kappa shape index (κ1) is 26.2. The van der Waals surface area contributed by atoms with Gasteiger partial charge in [0, 0.05) is 44.7 Å². The van der Waals surface area contributed by atoms with Crippen LogP contribution in [0.25, 0.3) is 0 Å². The average molecular weight is 493 g/mol. The fourth-order valence-electron chi connectivity index (χ4n) is 5.60. The number of methoxy groups -OCH3 is 1. The van der Waals surface area contributed by atoms with Crippen LogP contribution in [-0.2, 0) is 22.7 Å². The van der Waals surface area contributed by atoms with Crippen LogP contribution in [0, 0.1) is 0 Å². The molecule has 1 aliphatic heterocycles. The first-order valence-corrected chi connectivity index (χ1v) is 13.2. The van der Waals surface area contributed by atoms with Crippen molar-refractivity contribution in [2.75, 3.05) is 13.7 Å². The Bertz CT molecular complexity index is 1010. The standard InChI is InChI=1S/C29H40N4O3/c1-21(34)33-16-15-26(18-28(33)29(35)31-25-13-11-24(30)12-14-25)32(19-22-7-4-3-5-8-22)20-23-9-6-10-27(17-23)36-2/h3-10,17,24-26,28H,11-16,18-20,30H2,1-2H3,(H,31,35)/t24?,25?,26?,28-/m1/s1. The number of benzene rings is 2. The molecule has 36 heavy (non-hydrogen) atoms. The van der Waals surface area contributed by atoms with Crippen LogP contribution >= 0.6 is 0 Å². The maximum absolute atomic E-state index is 13.5. The topological polar surface area (TPSA) is 87.9 Å². The van der Waals surface area contributed by atoms with E-state index in [2.05, 4.69) is 46.6 Å². The summed E-state index contributed by atoms with van der Waals surface area (Å²) in [6.07, 6.45) is 5.12. The highest BCUT2D eigenvalue weighted by Gasteiger charge is 2.38. The van der Waals surface area contributed by atoms with Crippen LogP contribution in [0.1, 0.15) is 56.6 Å². The van der Waals surface area contributed by atoms with Crippen molar-refractivity contribution < 1.29 is 14.3 Å². The largest absolute Gasteiger partial charge is 0.497 e. The summed E-state index contributed by atoms with van der Waals surface area (Å²) in [7, 11) is 1.68. The molecule has 2 fully saturated rings. The summed E-state index contributed by atoms with van der Waals surface area (Å²) >= 11 is 0. The molecular weight excluding hydrogens is 452 g/mol. The first-order valence-electron chi connectivity index (χ1n) is 13.2. The highest BCUT2D eigenvalue weighted by Crippen LogP contribution is 2.27. The molecule has 1 aliphatic carbocycles. The molecule has 1 heterocycles. The first-order chi connectivity index (χ1) is 17.4. The molecule has 2 amide bonds. The van der Waals surface area contributed by atoms with E-state index in [1.807, 2.05) is 18.2 Å². The molecule has 7 heteroatoms. The summed E-state index contributed by atoms with van der Waals surface area (Å²) in [4.78, 5) is 30.1. The molecule has 2 aromatic rings. The van der Waals surface area contributed by atoms with Gasteiger partial charge in [0.05, 0.1) is 7.11 Å². The van der Waals surface area contributed by atoms with Gasteiger partial charge in [-0.3, -0.25) is 14.5 Å². The zero-order valence-corrected chi connectivity index (χ0v) is 21.6. The van der Waals surface area contributed by atoms with Gasteiger partial charge in [0.1, 0.15) is 11.8 Å². The van der Waals surface area contributed by atoms with Crippen LogP contribution in [0.15, 0.2) is 54.6 Å². The van der Waals surface area contributed by atoms with E-state index >= 15 is 0 Å². The normalized spacial score (nSPS) is 24.4. The second-order valence-electron chi connectivity index (χ2n) is 10.3. The lowest BCUT2D eigenvalue weighted by Crippen LogP contribution is -2.58. The second-order valence-corrected chi connectivity index (χ2v) is 10.3. The summed E-state index contributed by atoms with van der Waals surface area (Å²) in [6, 6.07) is 18.7. The lowest BCUT2D eigenvalue weighted by atomic mass is 9.90. The van der Waals surface area contributed by atoms with Gasteiger partial charge < -0.3 is 20.7 Å². The highest BCUT2D eigenvalue weighted by atomic mass is 16.5. The molecule has 2 atom stereocenters. The zero-order chi connectivity index (χ0) is 25.5. The van der Waals surface area contributed by atoms with E-state index in [4.69, 9.17) is 10.5 Å². The van der Waals surface area contributed by atoms with Crippen molar-refractivity contribution in [3.63, 3.8) is 0 Å². The van der Waals surface area contributed by atoms with Gasteiger partial charge >= 0.3 is 0 Å². The van der Waals surface area contributed by atoms with Crippen molar-refractivity contribution in [1.82, 2.24) is 15.1 Å². The van der Waals surface area contributed by atoms with Gasteiger partial charge in [-0.05, 0) is 61.8 Å². The molecule has 2 aliphatic rings. The minimum atomic E-state index is -0.458. The maximum Gasteiger partial charge on any atom is 0.243 e.